The zero-order valence-corrected chi connectivity index (χ0v) is 11.9. The minimum Gasteiger partial charge on any atom is -0.466 e. The Morgan fingerprint density at radius 2 is 1.74 bits per heavy atom. The van der Waals surface area contributed by atoms with E-state index >= 15 is 0 Å². The maximum Gasteiger partial charge on any atom is 0.320 e. The van der Waals surface area contributed by atoms with Crippen LogP contribution in [0.4, 0.5) is 0 Å². The van der Waals surface area contributed by atoms with Crippen molar-refractivity contribution in [2.45, 2.75) is 30.4 Å². The predicted molar refractivity (Wildman–Crippen MR) is 74.0 cm³/mol. The lowest BCUT2D eigenvalue weighted by molar-refractivity contribution is -0.149. The molecule has 1 aromatic carbocycles. The van der Waals surface area contributed by atoms with Crippen LogP contribution < -0.4 is 0 Å². The Kier molecular flexibility index (Phi) is 7.03. The highest BCUT2D eigenvalue weighted by Gasteiger charge is 2.25. The fourth-order valence-corrected chi connectivity index (χ4v) is 2.47. The summed E-state index contributed by atoms with van der Waals surface area (Å²) in [6.07, 6.45) is 0.0201. The number of carbonyl (C=O) groups is 2. The lowest BCUT2D eigenvalue weighted by Gasteiger charge is -2.14. The molecule has 0 aliphatic heterocycles. The quantitative estimate of drug-likeness (QED) is 0.568. The van der Waals surface area contributed by atoms with Gasteiger partial charge in [-0.1, -0.05) is 18.2 Å². The minimum absolute atomic E-state index is 0.0201. The molecule has 1 atom stereocenters. The molecule has 104 valence electrons. The first kappa shape index (κ1) is 15.6. The Hall–Kier alpha value is -1.49. The molecule has 0 N–H and O–H groups in total. The number of carbonyl (C=O) groups excluding carboxylic acids is 2. The lowest BCUT2D eigenvalue weighted by Crippen LogP contribution is -2.24. The maximum atomic E-state index is 11.8. The number of thioether (sulfide) groups is 1. The van der Waals surface area contributed by atoms with Gasteiger partial charge < -0.3 is 9.47 Å². The van der Waals surface area contributed by atoms with Crippen LogP contribution in [0.2, 0.25) is 0 Å². The van der Waals surface area contributed by atoms with E-state index in [1.165, 1.54) is 11.8 Å². The first-order chi connectivity index (χ1) is 9.17. The Labute approximate surface area is 117 Å². The van der Waals surface area contributed by atoms with Crippen LogP contribution in [0.1, 0.15) is 20.3 Å². The van der Waals surface area contributed by atoms with Gasteiger partial charge in [0.2, 0.25) is 0 Å². The molecule has 0 amide bonds. The molecule has 1 rings (SSSR count). The van der Waals surface area contributed by atoms with E-state index in [1.54, 1.807) is 13.8 Å². The molecule has 0 aromatic heterocycles. The van der Waals surface area contributed by atoms with Crippen molar-refractivity contribution in [2.24, 2.45) is 0 Å². The molecule has 0 spiro atoms. The monoisotopic (exact) mass is 282 g/mol. The summed E-state index contributed by atoms with van der Waals surface area (Å²) in [5.74, 6) is -0.770. The zero-order chi connectivity index (χ0) is 14.1. The van der Waals surface area contributed by atoms with Gasteiger partial charge in [-0.3, -0.25) is 9.59 Å². The van der Waals surface area contributed by atoms with Gasteiger partial charge in [0.1, 0.15) is 5.25 Å². The second kappa shape index (κ2) is 8.58. The molecule has 0 heterocycles. The number of hydrogen-bond acceptors (Lipinski definition) is 5. The number of esters is 2. The predicted octanol–water partition coefficient (Wildman–Crippen LogP) is 2.66. The molecule has 19 heavy (non-hydrogen) atoms. The fourth-order valence-electron chi connectivity index (χ4n) is 1.44. The molecule has 0 saturated heterocycles. The van der Waals surface area contributed by atoms with E-state index in [2.05, 4.69) is 0 Å². The summed E-state index contributed by atoms with van der Waals surface area (Å²) in [5, 5.41) is -0.568. The van der Waals surface area contributed by atoms with E-state index < -0.39 is 5.25 Å². The van der Waals surface area contributed by atoms with E-state index in [0.717, 1.165) is 4.90 Å². The summed E-state index contributed by atoms with van der Waals surface area (Å²) in [7, 11) is 0. The van der Waals surface area contributed by atoms with E-state index in [4.69, 9.17) is 9.47 Å². The molecule has 5 heteroatoms. The van der Waals surface area contributed by atoms with Crippen molar-refractivity contribution in [1.82, 2.24) is 0 Å². The lowest BCUT2D eigenvalue weighted by atomic mass is 10.3. The largest absolute Gasteiger partial charge is 0.466 e. The molecule has 0 fully saturated rings. The average molecular weight is 282 g/mol. The zero-order valence-electron chi connectivity index (χ0n) is 11.1. The van der Waals surface area contributed by atoms with Gasteiger partial charge in [-0.15, -0.1) is 11.8 Å². The van der Waals surface area contributed by atoms with Crippen molar-refractivity contribution in [3.05, 3.63) is 30.3 Å². The first-order valence-electron chi connectivity index (χ1n) is 6.21. The molecule has 0 aliphatic carbocycles. The van der Waals surface area contributed by atoms with Gasteiger partial charge in [-0.2, -0.15) is 0 Å². The van der Waals surface area contributed by atoms with E-state index in [0.29, 0.717) is 13.2 Å². The van der Waals surface area contributed by atoms with Crippen molar-refractivity contribution in [1.29, 1.82) is 0 Å². The second-order valence-electron chi connectivity index (χ2n) is 3.68. The molecule has 0 bridgehead atoms. The summed E-state index contributed by atoms with van der Waals surface area (Å²) in [4.78, 5) is 24.3. The molecule has 1 aromatic rings. The molecule has 0 aliphatic rings. The average Bonchev–Trinajstić information content (AvgIpc) is 2.40. The molecule has 1 unspecified atom stereocenters. The third kappa shape index (κ3) is 5.79. The highest BCUT2D eigenvalue weighted by molar-refractivity contribution is 8.00. The fraction of sp³-hybridized carbons (Fsp3) is 0.429. The number of ether oxygens (including phenoxy) is 2. The van der Waals surface area contributed by atoms with Crippen LogP contribution >= 0.6 is 11.8 Å². The Morgan fingerprint density at radius 3 is 2.32 bits per heavy atom. The Morgan fingerprint density at radius 1 is 1.11 bits per heavy atom. The molecule has 0 saturated carbocycles. The number of hydrogen-bond donors (Lipinski definition) is 0. The Bertz CT molecular complexity index is 405. The maximum absolute atomic E-state index is 11.8. The first-order valence-corrected chi connectivity index (χ1v) is 7.09. The van der Waals surface area contributed by atoms with Crippen LogP contribution in [0.25, 0.3) is 0 Å². The van der Waals surface area contributed by atoms with Crippen molar-refractivity contribution < 1.29 is 19.1 Å². The highest BCUT2D eigenvalue weighted by atomic mass is 32.2. The van der Waals surface area contributed by atoms with E-state index in [1.807, 2.05) is 30.3 Å². The van der Waals surface area contributed by atoms with Gasteiger partial charge in [0.15, 0.2) is 0 Å². The normalized spacial score (nSPS) is 11.7. The summed E-state index contributed by atoms with van der Waals surface area (Å²) in [6.45, 7) is 4.09. The second-order valence-corrected chi connectivity index (χ2v) is 4.96. The molecular weight excluding hydrogens is 264 g/mol. The van der Waals surface area contributed by atoms with Crippen LogP contribution in [0, 0.1) is 0 Å². The Balaban J connectivity index is 2.69. The SMILES string of the molecule is CCOC(=O)CC(Sc1ccccc1)C(=O)OCC. The van der Waals surface area contributed by atoms with Gasteiger partial charge in [0.25, 0.3) is 0 Å². The molecule has 4 nitrogen and oxygen atoms in total. The summed E-state index contributed by atoms with van der Waals surface area (Å²) < 4.78 is 9.87. The van der Waals surface area contributed by atoms with Crippen molar-refractivity contribution >= 4 is 23.7 Å². The highest BCUT2D eigenvalue weighted by Crippen LogP contribution is 2.26. The number of benzene rings is 1. The van der Waals surface area contributed by atoms with Crippen LogP contribution in [-0.4, -0.2) is 30.4 Å². The van der Waals surface area contributed by atoms with Gasteiger partial charge >= 0.3 is 11.9 Å². The van der Waals surface area contributed by atoms with Crippen molar-refractivity contribution in [3.8, 4) is 0 Å². The smallest absolute Gasteiger partial charge is 0.320 e. The minimum atomic E-state index is -0.568. The summed E-state index contributed by atoms with van der Waals surface area (Å²) in [5.41, 5.74) is 0. The molecular formula is C14H18O4S. The summed E-state index contributed by atoms with van der Waals surface area (Å²) >= 11 is 1.32. The van der Waals surface area contributed by atoms with Crippen molar-refractivity contribution in [2.75, 3.05) is 13.2 Å². The van der Waals surface area contributed by atoms with Crippen LogP contribution in [0.3, 0.4) is 0 Å². The van der Waals surface area contributed by atoms with Crippen LogP contribution in [-0.2, 0) is 19.1 Å². The van der Waals surface area contributed by atoms with Gasteiger partial charge in [0, 0.05) is 4.90 Å². The molecule has 0 radical (unpaired) electrons. The topological polar surface area (TPSA) is 52.6 Å². The summed E-state index contributed by atoms with van der Waals surface area (Å²) in [6, 6.07) is 9.45. The standard InChI is InChI=1S/C14H18O4S/c1-3-17-13(15)10-12(14(16)18-4-2)19-11-8-6-5-7-9-11/h5-9,12H,3-4,10H2,1-2H3. The van der Waals surface area contributed by atoms with Gasteiger partial charge in [-0.05, 0) is 26.0 Å². The third-order valence-corrected chi connectivity index (χ3v) is 3.42. The van der Waals surface area contributed by atoms with E-state index in [9.17, 15) is 9.59 Å². The van der Waals surface area contributed by atoms with Gasteiger partial charge in [0.05, 0.1) is 19.6 Å². The van der Waals surface area contributed by atoms with Gasteiger partial charge in [-0.25, -0.2) is 0 Å². The third-order valence-electron chi connectivity index (χ3n) is 2.23. The number of rotatable bonds is 7. The van der Waals surface area contributed by atoms with Crippen LogP contribution in [0.15, 0.2) is 35.2 Å². The van der Waals surface area contributed by atoms with E-state index in [-0.39, 0.29) is 18.4 Å². The van der Waals surface area contributed by atoms with Crippen LogP contribution in [0.5, 0.6) is 0 Å². The van der Waals surface area contributed by atoms with Crippen molar-refractivity contribution in [3.63, 3.8) is 0 Å².